The standard InChI is InChI=1S/C31H30O13/c1-40-23-10-16(5-8-19(23)33)22-13-21(35)27-20(34)11-18(12-24(27)43-22)42-31-30(39)29(38)28(37)25(44-31)14-41-26(36)9-4-15-2-6-17(32)7-3-15/h2-12,22,25,28-34,37-39H,13-14H2,1H3/t22-,25+,28+,29-,30+,31+/m0/s1. The van der Waals surface area contributed by atoms with E-state index in [0.29, 0.717) is 11.1 Å². The second-order valence-corrected chi connectivity index (χ2v) is 10.2. The fourth-order valence-electron chi connectivity index (χ4n) is 4.81. The van der Waals surface area contributed by atoms with Crippen molar-refractivity contribution in [3.8, 4) is 34.5 Å². The fraction of sp³-hybridized carbons (Fsp3) is 0.290. The Bertz CT molecular complexity index is 1550. The summed E-state index contributed by atoms with van der Waals surface area (Å²) in [5.74, 6) is -1.62. The number of ketones is 1. The molecule has 5 rings (SSSR count). The number of benzene rings is 3. The molecule has 6 atom stereocenters. The topological polar surface area (TPSA) is 202 Å². The lowest BCUT2D eigenvalue weighted by Gasteiger charge is -2.40. The lowest BCUT2D eigenvalue weighted by atomic mass is 9.95. The van der Waals surface area contributed by atoms with Crippen LogP contribution in [-0.4, -0.2) is 86.8 Å². The molecule has 0 unspecified atom stereocenters. The molecule has 3 aromatic rings. The number of aromatic hydroxyl groups is 3. The average molecular weight is 611 g/mol. The highest BCUT2D eigenvalue weighted by molar-refractivity contribution is 6.02. The van der Waals surface area contributed by atoms with E-state index in [4.69, 9.17) is 23.7 Å². The number of carbonyl (C=O) groups excluding carboxylic acids is 2. The molecule has 2 heterocycles. The van der Waals surface area contributed by atoms with E-state index in [2.05, 4.69) is 0 Å². The van der Waals surface area contributed by atoms with Gasteiger partial charge in [0.05, 0.1) is 13.5 Å². The van der Waals surface area contributed by atoms with Crippen LogP contribution in [0.15, 0.2) is 60.7 Å². The number of phenolic OH excluding ortho intramolecular Hbond substituents is 3. The van der Waals surface area contributed by atoms with Gasteiger partial charge in [-0.1, -0.05) is 18.2 Å². The predicted molar refractivity (Wildman–Crippen MR) is 150 cm³/mol. The molecule has 1 fully saturated rings. The molecule has 0 aliphatic carbocycles. The van der Waals surface area contributed by atoms with E-state index in [0.717, 1.165) is 12.1 Å². The van der Waals surface area contributed by atoms with Crippen LogP contribution >= 0.6 is 0 Å². The number of methoxy groups -OCH3 is 1. The van der Waals surface area contributed by atoms with Crippen LogP contribution in [0.3, 0.4) is 0 Å². The molecule has 2 aliphatic rings. The molecular weight excluding hydrogens is 580 g/mol. The molecule has 0 aromatic heterocycles. The minimum Gasteiger partial charge on any atom is -0.508 e. The van der Waals surface area contributed by atoms with Crippen molar-refractivity contribution in [1.29, 1.82) is 0 Å². The molecule has 6 N–H and O–H groups in total. The Balaban J connectivity index is 1.28. The highest BCUT2D eigenvalue weighted by Gasteiger charge is 2.45. The SMILES string of the molecule is COc1cc([C@@H]2CC(=O)c3c(O)cc(O[C@@H]4O[C@H](COC(=O)C=Cc5ccc(O)cc5)[C@@H](O)[C@H](O)[C@H]4O)cc3O2)ccc1O. The number of hydrogen-bond acceptors (Lipinski definition) is 13. The van der Waals surface area contributed by atoms with Crippen molar-refractivity contribution >= 4 is 17.8 Å². The molecular formula is C31H30O13. The van der Waals surface area contributed by atoms with Gasteiger partial charge in [-0.25, -0.2) is 4.79 Å². The number of fused-ring (bicyclic) bond motifs is 1. The number of hydrogen-bond donors (Lipinski definition) is 6. The summed E-state index contributed by atoms with van der Waals surface area (Å²) in [6.07, 6.45) is -6.34. The van der Waals surface area contributed by atoms with Gasteiger partial charge < -0.3 is 54.3 Å². The number of carbonyl (C=O) groups is 2. The zero-order valence-corrected chi connectivity index (χ0v) is 23.3. The van der Waals surface area contributed by atoms with E-state index in [1.807, 2.05) is 0 Å². The molecule has 2 aliphatic heterocycles. The van der Waals surface area contributed by atoms with Crippen LogP contribution in [0.4, 0.5) is 0 Å². The van der Waals surface area contributed by atoms with E-state index >= 15 is 0 Å². The summed E-state index contributed by atoms with van der Waals surface area (Å²) in [7, 11) is 1.38. The molecule has 232 valence electrons. The number of phenols is 3. The molecule has 0 saturated carbocycles. The van der Waals surface area contributed by atoms with Crippen LogP contribution in [0, 0.1) is 0 Å². The third-order valence-electron chi connectivity index (χ3n) is 7.16. The van der Waals surface area contributed by atoms with Crippen LogP contribution in [0.25, 0.3) is 6.08 Å². The van der Waals surface area contributed by atoms with Crippen LogP contribution in [-0.2, 0) is 14.3 Å². The molecule has 1 saturated heterocycles. The first-order valence-electron chi connectivity index (χ1n) is 13.5. The third kappa shape index (κ3) is 6.55. The largest absolute Gasteiger partial charge is 0.508 e. The minimum absolute atomic E-state index is 0.0231. The van der Waals surface area contributed by atoms with Gasteiger partial charge in [0.15, 0.2) is 17.3 Å². The Hall–Kier alpha value is -4.82. The first-order valence-corrected chi connectivity index (χ1v) is 13.5. The van der Waals surface area contributed by atoms with Crippen LogP contribution in [0.1, 0.15) is 34.0 Å². The molecule has 3 aromatic carbocycles. The lowest BCUT2D eigenvalue weighted by molar-refractivity contribution is -0.278. The summed E-state index contributed by atoms with van der Waals surface area (Å²) in [5, 5.41) is 61.2. The number of ether oxygens (including phenoxy) is 5. The van der Waals surface area contributed by atoms with E-state index < -0.39 is 60.9 Å². The van der Waals surface area contributed by atoms with Crippen molar-refractivity contribution < 1.29 is 63.9 Å². The summed E-state index contributed by atoms with van der Waals surface area (Å²) < 4.78 is 27.5. The quantitative estimate of drug-likeness (QED) is 0.160. The zero-order chi connectivity index (χ0) is 31.5. The van der Waals surface area contributed by atoms with Crippen LogP contribution < -0.4 is 14.2 Å². The summed E-state index contributed by atoms with van der Waals surface area (Å²) in [6.45, 7) is -0.506. The lowest BCUT2D eigenvalue weighted by Crippen LogP contribution is -2.60. The molecule has 13 nitrogen and oxygen atoms in total. The van der Waals surface area contributed by atoms with Gasteiger partial charge in [-0.2, -0.15) is 0 Å². The predicted octanol–water partition coefficient (Wildman–Crippen LogP) is 1.96. The molecule has 44 heavy (non-hydrogen) atoms. The maximum atomic E-state index is 12.9. The van der Waals surface area contributed by atoms with Crippen molar-refractivity contribution in [2.75, 3.05) is 13.7 Å². The van der Waals surface area contributed by atoms with E-state index in [-0.39, 0.29) is 40.7 Å². The molecule has 0 spiro atoms. The molecule has 13 heteroatoms. The number of aliphatic hydroxyl groups excluding tert-OH is 3. The Labute approximate surface area is 250 Å². The fourth-order valence-corrected chi connectivity index (χ4v) is 4.81. The van der Waals surface area contributed by atoms with Gasteiger partial charge in [-0.05, 0) is 41.5 Å². The van der Waals surface area contributed by atoms with Gasteiger partial charge in [0.2, 0.25) is 6.29 Å². The number of aliphatic hydroxyl groups is 3. The maximum Gasteiger partial charge on any atom is 0.330 e. The zero-order valence-electron chi connectivity index (χ0n) is 23.3. The van der Waals surface area contributed by atoms with Gasteiger partial charge in [0.25, 0.3) is 0 Å². The first-order chi connectivity index (χ1) is 21.0. The van der Waals surface area contributed by atoms with Gasteiger partial charge in [0, 0.05) is 18.2 Å². The second kappa shape index (κ2) is 12.8. The molecule has 0 amide bonds. The molecule has 0 bridgehead atoms. The Kier molecular flexibility index (Phi) is 8.92. The highest BCUT2D eigenvalue weighted by Crippen LogP contribution is 2.43. The Morgan fingerprint density at radius 1 is 0.955 bits per heavy atom. The third-order valence-corrected chi connectivity index (χ3v) is 7.16. The van der Waals surface area contributed by atoms with Crippen molar-refractivity contribution in [3.63, 3.8) is 0 Å². The normalized spacial score (nSPS) is 24.8. The van der Waals surface area contributed by atoms with E-state index in [1.54, 1.807) is 18.2 Å². The van der Waals surface area contributed by atoms with Crippen LogP contribution in [0.5, 0.6) is 34.5 Å². The average Bonchev–Trinajstić information content (AvgIpc) is 3.00. The van der Waals surface area contributed by atoms with Crippen molar-refractivity contribution in [3.05, 3.63) is 77.4 Å². The summed E-state index contributed by atoms with van der Waals surface area (Å²) in [4.78, 5) is 25.1. The summed E-state index contributed by atoms with van der Waals surface area (Å²) in [6, 6.07) is 12.9. The summed E-state index contributed by atoms with van der Waals surface area (Å²) >= 11 is 0. The van der Waals surface area contributed by atoms with Crippen molar-refractivity contribution in [2.45, 2.75) is 43.2 Å². The monoisotopic (exact) mass is 610 g/mol. The first kappa shape index (κ1) is 30.6. The number of rotatable bonds is 8. The van der Waals surface area contributed by atoms with Crippen molar-refractivity contribution in [2.24, 2.45) is 0 Å². The molecule has 0 radical (unpaired) electrons. The highest BCUT2D eigenvalue weighted by atomic mass is 16.7. The second-order valence-electron chi connectivity index (χ2n) is 10.2. The van der Waals surface area contributed by atoms with E-state index in [1.165, 1.54) is 43.5 Å². The van der Waals surface area contributed by atoms with Gasteiger partial charge in [-0.15, -0.1) is 0 Å². The number of esters is 1. The van der Waals surface area contributed by atoms with Gasteiger partial charge in [0.1, 0.15) is 65.7 Å². The van der Waals surface area contributed by atoms with E-state index in [9.17, 15) is 40.2 Å². The summed E-state index contributed by atoms with van der Waals surface area (Å²) in [5.41, 5.74) is 1.07. The van der Waals surface area contributed by atoms with Gasteiger partial charge in [-0.3, -0.25) is 4.79 Å². The van der Waals surface area contributed by atoms with Crippen molar-refractivity contribution in [1.82, 2.24) is 0 Å². The Morgan fingerprint density at radius 3 is 2.43 bits per heavy atom. The Morgan fingerprint density at radius 2 is 1.70 bits per heavy atom. The maximum absolute atomic E-state index is 12.9. The number of Topliss-reactive ketones (excluding diaryl/α,β-unsaturated/α-hetero) is 1. The smallest absolute Gasteiger partial charge is 0.330 e. The minimum atomic E-state index is -1.75. The van der Waals surface area contributed by atoms with Gasteiger partial charge >= 0.3 is 5.97 Å². The van der Waals surface area contributed by atoms with Crippen LogP contribution in [0.2, 0.25) is 0 Å².